The molecule has 3 N–H and O–H groups in total. The van der Waals surface area contributed by atoms with Gasteiger partial charge in [-0.2, -0.15) is 0 Å². The molecule has 9 heteroatoms. The zero-order valence-corrected chi connectivity index (χ0v) is 12.3. The summed E-state index contributed by atoms with van der Waals surface area (Å²) in [5.74, 6) is 0. The highest BCUT2D eigenvalue weighted by atomic mass is 35.5. The van der Waals surface area contributed by atoms with Crippen molar-refractivity contribution in [2.75, 3.05) is 25.5 Å². The van der Waals surface area contributed by atoms with Crippen molar-refractivity contribution < 1.29 is 21.9 Å². The standard InChI is InChI=1S/C11H15ClF2N2O3S/c1-7-4-8(12)10(5-9(7)15)20(17,18)16-2-3-19-6-11(13)14/h4-5,11,16H,2-3,6,15H2,1H3. The van der Waals surface area contributed by atoms with Crippen LogP contribution in [0.1, 0.15) is 5.56 Å². The summed E-state index contributed by atoms with van der Waals surface area (Å²) in [5, 5.41) is 0.0395. The van der Waals surface area contributed by atoms with E-state index in [9.17, 15) is 17.2 Å². The Hall–Kier alpha value is -0.960. The second-order valence-electron chi connectivity index (χ2n) is 4.00. The lowest BCUT2D eigenvalue weighted by molar-refractivity contribution is 0.0199. The number of sulfonamides is 1. The third-order valence-corrected chi connectivity index (χ3v) is 4.32. The summed E-state index contributed by atoms with van der Waals surface area (Å²) in [7, 11) is -3.86. The molecule has 0 spiro atoms. The summed E-state index contributed by atoms with van der Waals surface area (Å²) in [5.41, 5.74) is 6.59. The molecule has 0 fully saturated rings. The van der Waals surface area contributed by atoms with Gasteiger partial charge in [0, 0.05) is 12.2 Å². The van der Waals surface area contributed by atoms with Crippen LogP contribution in [0.25, 0.3) is 0 Å². The van der Waals surface area contributed by atoms with Crippen molar-refractivity contribution >= 4 is 27.3 Å². The first-order valence-electron chi connectivity index (χ1n) is 5.65. The first-order chi connectivity index (χ1) is 9.24. The summed E-state index contributed by atoms with van der Waals surface area (Å²) >= 11 is 5.86. The predicted octanol–water partition coefficient (Wildman–Crippen LogP) is 1.79. The Labute approximate surface area is 121 Å². The van der Waals surface area contributed by atoms with Crippen LogP contribution in [-0.4, -0.2) is 34.6 Å². The number of benzene rings is 1. The number of alkyl halides is 2. The summed E-state index contributed by atoms with van der Waals surface area (Å²) < 4.78 is 54.3. The highest BCUT2D eigenvalue weighted by Crippen LogP contribution is 2.26. The maximum atomic E-state index is 12.0. The minimum absolute atomic E-state index is 0.0395. The van der Waals surface area contributed by atoms with E-state index in [1.54, 1.807) is 6.92 Å². The van der Waals surface area contributed by atoms with Crippen molar-refractivity contribution in [3.05, 3.63) is 22.7 Å². The van der Waals surface area contributed by atoms with Gasteiger partial charge in [-0.05, 0) is 24.6 Å². The van der Waals surface area contributed by atoms with Gasteiger partial charge in [-0.1, -0.05) is 11.6 Å². The number of hydrogen-bond acceptors (Lipinski definition) is 4. The second-order valence-corrected chi connectivity index (χ2v) is 6.15. The van der Waals surface area contributed by atoms with E-state index in [1.165, 1.54) is 12.1 Å². The fourth-order valence-corrected chi connectivity index (χ4v) is 3.00. The number of rotatable bonds is 7. The zero-order chi connectivity index (χ0) is 15.3. The summed E-state index contributed by atoms with van der Waals surface area (Å²) in [4.78, 5) is -0.156. The van der Waals surface area contributed by atoms with Gasteiger partial charge in [-0.25, -0.2) is 21.9 Å². The van der Waals surface area contributed by atoms with Crippen LogP contribution in [0.15, 0.2) is 17.0 Å². The zero-order valence-electron chi connectivity index (χ0n) is 10.7. The van der Waals surface area contributed by atoms with E-state index in [0.717, 1.165) is 0 Å². The molecule has 1 rings (SSSR count). The molecule has 0 aliphatic heterocycles. The molecular weight excluding hydrogens is 314 g/mol. The molecule has 20 heavy (non-hydrogen) atoms. The third-order valence-electron chi connectivity index (χ3n) is 2.39. The van der Waals surface area contributed by atoms with Crippen LogP contribution >= 0.6 is 11.6 Å². The van der Waals surface area contributed by atoms with Gasteiger partial charge in [0.2, 0.25) is 10.0 Å². The van der Waals surface area contributed by atoms with Crippen molar-refractivity contribution in [3.8, 4) is 0 Å². The summed E-state index contributed by atoms with van der Waals surface area (Å²) in [6.45, 7) is 0.658. The first kappa shape index (κ1) is 17.1. The molecule has 0 unspecified atom stereocenters. The van der Waals surface area contributed by atoms with Crippen molar-refractivity contribution in [1.29, 1.82) is 0 Å². The third kappa shape index (κ3) is 4.86. The van der Waals surface area contributed by atoms with Crippen LogP contribution in [0.3, 0.4) is 0 Å². The van der Waals surface area contributed by atoms with Gasteiger partial charge in [-0.3, -0.25) is 0 Å². The van der Waals surface area contributed by atoms with Gasteiger partial charge in [0.05, 0.1) is 11.6 Å². The van der Waals surface area contributed by atoms with Crippen molar-refractivity contribution in [1.82, 2.24) is 4.72 Å². The normalized spacial score (nSPS) is 12.1. The van der Waals surface area contributed by atoms with Gasteiger partial charge >= 0.3 is 0 Å². The molecule has 0 radical (unpaired) electrons. The molecule has 0 aliphatic rings. The number of aryl methyl sites for hydroxylation is 1. The van der Waals surface area contributed by atoms with E-state index in [-0.39, 0.29) is 23.1 Å². The van der Waals surface area contributed by atoms with Crippen molar-refractivity contribution in [3.63, 3.8) is 0 Å². The van der Waals surface area contributed by atoms with Gasteiger partial charge in [0.25, 0.3) is 6.43 Å². The summed E-state index contributed by atoms with van der Waals surface area (Å²) in [6, 6.07) is 2.69. The number of hydrogen-bond donors (Lipinski definition) is 2. The Balaban J connectivity index is 2.68. The van der Waals surface area contributed by atoms with Crippen molar-refractivity contribution in [2.24, 2.45) is 0 Å². The molecule has 5 nitrogen and oxygen atoms in total. The maximum Gasteiger partial charge on any atom is 0.261 e. The molecule has 0 atom stereocenters. The summed E-state index contributed by atoms with van der Waals surface area (Å²) in [6.07, 6.45) is -2.59. The number of nitrogens with one attached hydrogen (secondary N) is 1. The fraction of sp³-hybridized carbons (Fsp3) is 0.455. The van der Waals surface area contributed by atoms with Crippen molar-refractivity contribution in [2.45, 2.75) is 18.2 Å². The predicted molar refractivity (Wildman–Crippen MR) is 72.6 cm³/mol. The van der Waals surface area contributed by atoms with E-state index >= 15 is 0 Å². The van der Waals surface area contributed by atoms with E-state index in [2.05, 4.69) is 9.46 Å². The number of ether oxygens (including phenoxy) is 1. The van der Waals surface area contributed by atoms with Crippen LogP contribution < -0.4 is 10.5 Å². The van der Waals surface area contributed by atoms with Crippen LogP contribution in [0.5, 0.6) is 0 Å². The lowest BCUT2D eigenvalue weighted by Crippen LogP contribution is -2.28. The number of halogens is 3. The monoisotopic (exact) mass is 328 g/mol. The topological polar surface area (TPSA) is 81.4 Å². The van der Waals surface area contributed by atoms with E-state index in [0.29, 0.717) is 11.3 Å². The smallest absolute Gasteiger partial charge is 0.261 e. The Morgan fingerprint density at radius 3 is 2.70 bits per heavy atom. The largest absolute Gasteiger partial charge is 0.398 e. The Morgan fingerprint density at radius 2 is 2.10 bits per heavy atom. The van der Waals surface area contributed by atoms with E-state index in [4.69, 9.17) is 17.3 Å². The van der Waals surface area contributed by atoms with Gasteiger partial charge < -0.3 is 10.5 Å². The van der Waals surface area contributed by atoms with Gasteiger partial charge in [0.1, 0.15) is 11.5 Å². The molecular formula is C11H15ClF2N2O3S. The average Bonchev–Trinajstić information content (AvgIpc) is 2.32. The number of nitrogen functional groups attached to an aromatic ring is 1. The lowest BCUT2D eigenvalue weighted by atomic mass is 10.2. The molecule has 0 saturated carbocycles. The SMILES string of the molecule is Cc1cc(Cl)c(S(=O)(=O)NCCOCC(F)F)cc1N. The lowest BCUT2D eigenvalue weighted by Gasteiger charge is -2.10. The number of nitrogens with two attached hydrogens (primary N) is 1. The Kier molecular flexibility index (Phi) is 6.12. The Bertz CT molecular complexity index is 567. The minimum atomic E-state index is -3.86. The molecule has 0 aromatic heterocycles. The van der Waals surface area contributed by atoms with Crippen LogP contribution in [0.2, 0.25) is 5.02 Å². The molecule has 1 aromatic rings. The van der Waals surface area contributed by atoms with Crippen LogP contribution in [0.4, 0.5) is 14.5 Å². The molecule has 0 bridgehead atoms. The number of anilines is 1. The maximum absolute atomic E-state index is 12.0. The highest BCUT2D eigenvalue weighted by Gasteiger charge is 2.18. The molecule has 0 aliphatic carbocycles. The van der Waals surface area contributed by atoms with E-state index < -0.39 is 23.1 Å². The van der Waals surface area contributed by atoms with E-state index in [1.807, 2.05) is 0 Å². The average molecular weight is 329 g/mol. The van der Waals surface area contributed by atoms with Gasteiger partial charge in [-0.15, -0.1) is 0 Å². The second kappa shape index (κ2) is 7.16. The van der Waals surface area contributed by atoms with Crippen LogP contribution in [-0.2, 0) is 14.8 Å². The molecule has 0 amide bonds. The molecule has 1 aromatic carbocycles. The molecule has 0 heterocycles. The minimum Gasteiger partial charge on any atom is -0.398 e. The highest BCUT2D eigenvalue weighted by molar-refractivity contribution is 7.89. The quantitative estimate of drug-likeness (QED) is 0.590. The first-order valence-corrected chi connectivity index (χ1v) is 7.51. The van der Waals surface area contributed by atoms with Gasteiger partial charge in [0.15, 0.2) is 0 Å². The molecule has 114 valence electrons. The Morgan fingerprint density at radius 1 is 1.45 bits per heavy atom. The van der Waals surface area contributed by atoms with Crippen LogP contribution in [0, 0.1) is 6.92 Å². The fourth-order valence-electron chi connectivity index (χ4n) is 1.37. The molecule has 0 saturated heterocycles.